The SMILES string of the molecule is Cc1cccn(/N=C/CCc2cccnc2)c1=O. The highest BCUT2D eigenvalue weighted by Gasteiger charge is 1.95. The topological polar surface area (TPSA) is 47.2 Å². The van der Waals surface area contributed by atoms with Crippen molar-refractivity contribution in [3.63, 3.8) is 0 Å². The summed E-state index contributed by atoms with van der Waals surface area (Å²) in [5.74, 6) is 0. The molecular weight excluding hydrogens is 226 g/mol. The Morgan fingerprint density at radius 3 is 3.06 bits per heavy atom. The first-order chi connectivity index (χ1) is 8.77. The van der Waals surface area contributed by atoms with Crippen LogP contribution in [0.4, 0.5) is 0 Å². The lowest BCUT2D eigenvalue weighted by molar-refractivity contribution is 0.815. The van der Waals surface area contributed by atoms with Crippen LogP contribution in [0.1, 0.15) is 17.5 Å². The molecule has 0 saturated heterocycles. The van der Waals surface area contributed by atoms with Crippen LogP contribution < -0.4 is 5.56 Å². The second-order valence-corrected chi connectivity index (χ2v) is 4.04. The minimum absolute atomic E-state index is 0.0740. The minimum Gasteiger partial charge on any atom is -0.267 e. The van der Waals surface area contributed by atoms with Crippen LogP contribution in [0.3, 0.4) is 0 Å². The van der Waals surface area contributed by atoms with Gasteiger partial charge in [0.05, 0.1) is 0 Å². The molecule has 0 spiro atoms. The Bertz CT molecular complexity index is 587. The summed E-state index contributed by atoms with van der Waals surface area (Å²) in [5, 5.41) is 4.14. The Balaban J connectivity index is 1.96. The maximum Gasteiger partial charge on any atom is 0.273 e. The van der Waals surface area contributed by atoms with Gasteiger partial charge in [-0.1, -0.05) is 12.1 Å². The fraction of sp³-hybridized carbons (Fsp3) is 0.214. The Kier molecular flexibility index (Phi) is 4.02. The van der Waals surface area contributed by atoms with Gasteiger partial charge in [0.15, 0.2) is 0 Å². The fourth-order valence-electron chi connectivity index (χ4n) is 1.60. The summed E-state index contributed by atoms with van der Waals surface area (Å²) >= 11 is 0. The summed E-state index contributed by atoms with van der Waals surface area (Å²) < 4.78 is 1.36. The molecule has 2 heterocycles. The largest absolute Gasteiger partial charge is 0.273 e. The Labute approximate surface area is 106 Å². The average Bonchev–Trinajstić information content (AvgIpc) is 2.40. The third-order valence-electron chi connectivity index (χ3n) is 2.61. The molecule has 0 aliphatic carbocycles. The van der Waals surface area contributed by atoms with Crippen molar-refractivity contribution in [1.82, 2.24) is 9.66 Å². The molecule has 2 rings (SSSR count). The first-order valence-corrected chi connectivity index (χ1v) is 5.87. The predicted octanol–water partition coefficient (Wildman–Crippen LogP) is 2.02. The van der Waals surface area contributed by atoms with Crippen LogP contribution in [0.2, 0.25) is 0 Å². The van der Waals surface area contributed by atoms with E-state index in [1.807, 2.05) is 24.4 Å². The number of hydrogen-bond acceptors (Lipinski definition) is 3. The average molecular weight is 241 g/mol. The van der Waals surface area contributed by atoms with E-state index < -0.39 is 0 Å². The van der Waals surface area contributed by atoms with Gasteiger partial charge >= 0.3 is 0 Å². The highest BCUT2D eigenvalue weighted by molar-refractivity contribution is 5.57. The molecule has 0 amide bonds. The zero-order valence-corrected chi connectivity index (χ0v) is 10.3. The van der Waals surface area contributed by atoms with Gasteiger partial charge in [-0.25, -0.2) is 4.68 Å². The van der Waals surface area contributed by atoms with E-state index >= 15 is 0 Å². The van der Waals surface area contributed by atoms with Crippen LogP contribution in [-0.4, -0.2) is 15.9 Å². The van der Waals surface area contributed by atoms with Gasteiger partial charge in [0.25, 0.3) is 5.56 Å². The van der Waals surface area contributed by atoms with E-state index in [0.717, 1.165) is 12.8 Å². The summed E-state index contributed by atoms with van der Waals surface area (Å²) in [4.78, 5) is 15.7. The Morgan fingerprint density at radius 1 is 1.39 bits per heavy atom. The van der Waals surface area contributed by atoms with Crippen LogP contribution >= 0.6 is 0 Å². The lowest BCUT2D eigenvalue weighted by Gasteiger charge is -1.99. The molecule has 0 aromatic carbocycles. The van der Waals surface area contributed by atoms with Crippen molar-refractivity contribution in [1.29, 1.82) is 0 Å². The molecule has 18 heavy (non-hydrogen) atoms. The standard InChI is InChI=1S/C14H15N3O/c1-12-5-4-10-17(14(12)18)16-9-3-7-13-6-2-8-15-11-13/h2,4-6,8-11H,3,7H2,1H3/b16-9+. The normalized spacial score (nSPS) is 10.9. The summed E-state index contributed by atoms with van der Waals surface area (Å²) in [7, 11) is 0. The number of hydrogen-bond donors (Lipinski definition) is 0. The van der Waals surface area contributed by atoms with Crippen molar-refractivity contribution in [2.24, 2.45) is 5.10 Å². The van der Waals surface area contributed by atoms with Gasteiger partial charge in [-0.3, -0.25) is 9.78 Å². The summed E-state index contributed by atoms with van der Waals surface area (Å²) in [6, 6.07) is 7.54. The summed E-state index contributed by atoms with van der Waals surface area (Å²) in [6.45, 7) is 1.78. The van der Waals surface area contributed by atoms with Crippen LogP contribution in [0, 0.1) is 6.92 Å². The van der Waals surface area contributed by atoms with Crippen molar-refractivity contribution >= 4 is 6.21 Å². The lowest BCUT2D eigenvalue weighted by Crippen LogP contribution is -2.17. The van der Waals surface area contributed by atoms with Gasteiger partial charge in [-0.05, 0) is 37.5 Å². The van der Waals surface area contributed by atoms with E-state index in [9.17, 15) is 4.79 Å². The van der Waals surface area contributed by atoms with Gasteiger partial charge in [0.2, 0.25) is 0 Å². The van der Waals surface area contributed by atoms with Crippen LogP contribution in [0.15, 0.2) is 52.8 Å². The summed E-state index contributed by atoms with van der Waals surface area (Å²) in [5.41, 5.74) is 1.79. The third kappa shape index (κ3) is 3.13. The molecule has 0 aliphatic rings. The van der Waals surface area contributed by atoms with Crippen LogP contribution in [-0.2, 0) is 6.42 Å². The second kappa shape index (κ2) is 5.91. The second-order valence-electron chi connectivity index (χ2n) is 4.04. The van der Waals surface area contributed by atoms with E-state index in [1.165, 1.54) is 10.2 Å². The molecule has 0 unspecified atom stereocenters. The van der Waals surface area contributed by atoms with Crippen molar-refractivity contribution in [3.8, 4) is 0 Å². The Hall–Kier alpha value is -2.23. The van der Waals surface area contributed by atoms with Gasteiger partial charge in [-0.15, -0.1) is 0 Å². The number of nitrogens with zero attached hydrogens (tertiary/aromatic N) is 3. The molecule has 4 heteroatoms. The molecule has 0 aliphatic heterocycles. The molecule has 4 nitrogen and oxygen atoms in total. The van der Waals surface area contributed by atoms with Crippen molar-refractivity contribution < 1.29 is 0 Å². The molecule has 0 saturated carbocycles. The molecular formula is C14H15N3O. The molecule has 0 fully saturated rings. The maximum atomic E-state index is 11.7. The Morgan fingerprint density at radius 2 is 2.28 bits per heavy atom. The van der Waals surface area contributed by atoms with Crippen molar-refractivity contribution in [2.75, 3.05) is 0 Å². The van der Waals surface area contributed by atoms with E-state index in [1.54, 1.807) is 31.6 Å². The molecule has 0 radical (unpaired) electrons. The highest BCUT2D eigenvalue weighted by atomic mass is 16.1. The zero-order valence-electron chi connectivity index (χ0n) is 10.3. The number of rotatable bonds is 4. The minimum atomic E-state index is -0.0740. The van der Waals surface area contributed by atoms with E-state index in [4.69, 9.17) is 0 Å². The predicted molar refractivity (Wildman–Crippen MR) is 71.9 cm³/mol. The van der Waals surface area contributed by atoms with Crippen LogP contribution in [0.25, 0.3) is 0 Å². The number of aromatic nitrogens is 2. The van der Waals surface area contributed by atoms with E-state index in [0.29, 0.717) is 5.56 Å². The number of aryl methyl sites for hydroxylation is 2. The molecule has 2 aromatic heterocycles. The molecule has 2 aromatic rings. The van der Waals surface area contributed by atoms with Gasteiger partial charge in [0.1, 0.15) is 0 Å². The van der Waals surface area contributed by atoms with Crippen LogP contribution in [0.5, 0.6) is 0 Å². The van der Waals surface area contributed by atoms with Crippen molar-refractivity contribution in [3.05, 3.63) is 64.3 Å². The smallest absolute Gasteiger partial charge is 0.267 e. The quantitative estimate of drug-likeness (QED) is 0.769. The fourth-order valence-corrected chi connectivity index (χ4v) is 1.60. The van der Waals surface area contributed by atoms with E-state index in [-0.39, 0.29) is 5.56 Å². The molecule has 92 valence electrons. The maximum absolute atomic E-state index is 11.7. The number of pyridine rings is 2. The first-order valence-electron chi connectivity index (χ1n) is 5.87. The lowest BCUT2D eigenvalue weighted by atomic mass is 10.2. The third-order valence-corrected chi connectivity index (χ3v) is 2.61. The van der Waals surface area contributed by atoms with Gasteiger partial charge < -0.3 is 0 Å². The highest BCUT2D eigenvalue weighted by Crippen LogP contribution is 1.98. The van der Waals surface area contributed by atoms with E-state index in [2.05, 4.69) is 10.1 Å². The molecule has 0 N–H and O–H groups in total. The van der Waals surface area contributed by atoms with Gasteiger partial charge in [0, 0.05) is 30.4 Å². The molecule has 0 bridgehead atoms. The van der Waals surface area contributed by atoms with Gasteiger partial charge in [-0.2, -0.15) is 5.10 Å². The monoisotopic (exact) mass is 241 g/mol. The summed E-state index contributed by atoms with van der Waals surface area (Å²) in [6.07, 6.45) is 8.67. The zero-order chi connectivity index (χ0) is 12.8. The molecule has 0 atom stereocenters. The van der Waals surface area contributed by atoms with Crippen molar-refractivity contribution in [2.45, 2.75) is 19.8 Å². The first kappa shape index (κ1) is 12.2.